The van der Waals surface area contributed by atoms with Crippen LogP contribution >= 0.6 is 0 Å². The second kappa shape index (κ2) is 19.4. The van der Waals surface area contributed by atoms with Crippen LogP contribution in [0.25, 0.3) is 44.4 Å². The molecule has 5 N–H and O–H groups in total. The maximum Gasteiger partial charge on any atom is 0.411 e. The second-order valence-electron chi connectivity index (χ2n) is 17.6. The minimum Gasteiger partial charge on any atom is -0.508 e. The van der Waals surface area contributed by atoms with Crippen LogP contribution in [0.3, 0.4) is 0 Å². The van der Waals surface area contributed by atoms with E-state index in [9.17, 15) is 44.1 Å². The van der Waals surface area contributed by atoms with Crippen LogP contribution in [0.4, 0.5) is 10.5 Å². The molecule has 0 bridgehead atoms. The maximum atomic E-state index is 14.7. The molecule has 17 nitrogen and oxygen atoms in total. The number of aliphatic hydroxyl groups excluding tert-OH is 1. The lowest BCUT2D eigenvalue weighted by Gasteiger charge is -2.45. The number of benzene rings is 6. The Balaban J connectivity index is 0.869. The first-order valence-electron chi connectivity index (χ1n) is 23.0. The second-order valence-corrected chi connectivity index (χ2v) is 17.6. The monoisotopic (exact) mass is 971 g/mol. The van der Waals surface area contributed by atoms with Crippen molar-refractivity contribution in [2.75, 3.05) is 32.1 Å². The Bertz CT molecular complexity index is 3530. The van der Waals surface area contributed by atoms with Gasteiger partial charge in [0.1, 0.15) is 58.6 Å². The van der Waals surface area contributed by atoms with Crippen molar-refractivity contribution in [3.05, 3.63) is 176 Å². The summed E-state index contributed by atoms with van der Waals surface area (Å²) in [4.78, 5) is 82.1. The average molecular weight is 972 g/mol. The number of fused-ring (bicyclic) bond motifs is 6. The van der Waals surface area contributed by atoms with E-state index in [0.717, 1.165) is 5.56 Å². The molecule has 1 aromatic heterocycles. The number of carboxylic acids is 1. The van der Waals surface area contributed by atoms with Crippen LogP contribution in [-0.4, -0.2) is 89.2 Å². The van der Waals surface area contributed by atoms with Crippen LogP contribution in [0.1, 0.15) is 44.2 Å². The SMILES string of the molecule is COc1cccc(CCN(C(=O)c2cc3ccccc3oc2=O)[C@@H]2CC(C(=O)NCCOC(=O)Nc3ccc(-c4c5ccc(=O)cc-5oc5cc(O)ccc45)c(C(=O)O)c3)[C@@H]3c4ccccc4O[C@@H]3[C@H]2O)c1. The number of ether oxygens (including phenoxy) is 3. The summed E-state index contributed by atoms with van der Waals surface area (Å²) in [5.41, 5.74) is 1.61. The Hall–Kier alpha value is -8.96. The first-order valence-corrected chi connectivity index (χ1v) is 23.0. The fourth-order valence-electron chi connectivity index (χ4n) is 9.97. The zero-order valence-electron chi connectivity index (χ0n) is 38.4. The maximum absolute atomic E-state index is 14.7. The molecule has 1 fully saturated rings. The highest BCUT2D eigenvalue weighted by Crippen LogP contribution is 2.50. The molecule has 364 valence electrons. The smallest absolute Gasteiger partial charge is 0.411 e. The van der Waals surface area contributed by atoms with E-state index in [2.05, 4.69) is 10.6 Å². The van der Waals surface area contributed by atoms with Crippen LogP contribution < -0.4 is 31.2 Å². The van der Waals surface area contributed by atoms with Crippen LogP contribution in [0.5, 0.6) is 17.2 Å². The number of aliphatic hydroxyl groups is 1. The lowest BCUT2D eigenvalue weighted by atomic mass is 9.70. The molecule has 0 saturated heterocycles. The van der Waals surface area contributed by atoms with E-state index in [4.69, 9.17) is 23.0 Å². The molecule has 10 rings (SSSR count). The Morgan fingerprint density at radius 2 is 1.61 bits per heavy atom. The molecule has 3 amide bonds. The summed E-state index contributed by atoms with van der Waals surface area (Å²) in [6.45, 7) is -0.417. The number of rotatable bonds is 13. The Labute approximate surface area is 409 Å². The number of phenols is 1. The average Bonchev–Trinajstić information content (AvgIpc) is 3.77. The molecule has 6 aromatic rings. The molecule has 4 aliphatic rings. The normalized spacial score (nSPS) is 17.9. The van der Waals surface area contributed by atoms with E-state index in [0.29, 0.717) is 51.0 Å². The van der Waals surface area contributed by atoms with Gasteiger partial charge < -0.3 is 48.6 Å². The van der Waals surface area contributed by atoms with Crippen molar-refractivity contribution in [3.63, 3.8) is 0 Å². The van der Waals surface area contributed by atoms with Crippen molar-refractivity contribution < 1.29 is 57.5 Å². The number of hydrogen-bond acceptors (Lipinski definition) is 13. The van der Waals surface area contributed by atoms with E-state index < -0.39 is 59.6 Å². The molecular weight excluding hydrogens is 927 g/mol. The van der Waals surface area contributed by atoms with E-state index in [1.807, 2.05) is 24.3 Å². The molecule has 5 aromatic carbocycles. The lowest BCUT2D eigenvalue weighted by molar-refractivity contribution is -0.132. The van der Waals surface area contributed by atoms with Gasteiger partial charge in [0.05, 0.1) is 31.2 Å². The molecule has 0 spiro atoms. The molecule has 2 aliphatic carbocycles. The fraction of sp³-hybridized carbons (Fsp3) is 0.200. The van der Waals surface area contributed by atoms with Gasteiger partial charge in [0.25, 0.3) is 5.91 Å². The first kappa shape index (κ1) is 46.8. The number of carboxylic acid groups (broad SMARTS) is 1. The number of amides is 3. The first-order chi connectivity index (χ1) is 34.8. The van der Waals surface area contributed by atoms with Gasteiger partial charge in [-0.05, 0) is 90.7 Å². The largest absolute Gasteiger partial charge is 0.508 e. The van der Waals surface area contributed by atoms with E-state index in [-0.39, 0.29) is 71.0 Å². The van der Waals surface area contributed by atoms with E-state index in [1.165, 1.54) is 59.5 Å². The molecule has 2 aliphatic heterocycles. The number of para-hydroxylation sites is 2. The van der Waals surface area contributed by atoms with Gasteiger partial charge in [0.15, 0.2) is 5.43 Å². The van der Waals surface area contributed by atoms with Crippen molar-refractivity contribution in [1.82, 2.24) is 10.2 Å². The highest BCUT2D eigenvalue weighted by atomic mass is 16.5. The Morgan fingerprint density at radius 3 is 2.44 bits per heavy atom. The number of anilines is 1. The third-order valence-corrected chi connectivity index (χ3v) is 13.3. The van der Waals surface area contributed by atoms with E-state index in [1.54, 1.807) is 61.7 Å². The number of nitrogens with zero attached hydrogens (tertiary/aromatic N) is 1. The van der Waals surface area contributed by atoms with Gasteiger partial charge >= 0.3 is 17.7 Å². The van der Waals surface area contributed by atoms with Crippen LogP contribution in [0.15, 0.2) is 152 Å². The Kier molecular flexibility index (Phi) is 12.6. The third kappa shape index (κ3) is 9.04. The lowest BCUT2D eigenvalue weighted by Crippen LogP contribution is -2.60. The molecule has 0 radical (unpaired) electrons. The molecule has 3 heterocycles. The molecule has 17 heteroatoms. The number of nitrogens with one attached hydrogen (secondary N) is 2. The van der Waals surface area contributed by atoms with E-state index >= 15 is 0 Å². The van der Waals surface area contributed by atoms with Gasteiger partial charge in [0.2, 0.25) is 5.91 Å². The van der Waals surface area contributed by atoms with Crippen LogP contribution in [-0.2, 0) is 16.0 Å². The summed E-state index contributed by atoms with van der Waals surface area (Å²) in [5.74, 6) is -2.83. The predicted octanol–water partition coefficient (Wildman–Crippen LogP) is 7.43. The minimum absolute atomic E-state index is 0.0310. The summed E-state index contributed by atoms with van der Waals surface area (Å²) >= 11 is 0. The number of aromatic hydroxyl groups is 1. The summed E-state index contributed by atoms with van der Waals surface area (Å²) < 4.78 is 28.7. The summed E-state index contributed by atoms with van der Waals surface area (Å²) in [7, 11) is 1.54. The number of aromatic carboxylic acids is 1. The zero-order chi connectivity index (χ0) is 50.2. The third-order valence-electron chi connectivity index (χ3n) is 13.3. The van der Waals surface area contributed by atoms with Crippen molar-refractivity contribution in [2.45, 2.75) is 37.0 Å². The zero-order valence-corrected chi connectivity index (χ0v) is 38.4. The van der Waals surface area contributed by atoms with Crippen LogP contribution in [0.2, 0.25) is 0 Å². The topological polar surface area (TPSA) is 244 Å². The fourth-order valence-corrected chi connectivity index (χ4v) is 9.97. The number of phenolic OH excluding ortho intramolecular Hbond substituents is 1. The highest BCUT2D eigenvalue weighted by Gasteiger charge is 2.54. The summed E-state index contributed by atoms with van der Waals surface area (Å²) in [6.07, 6.45) is -2.95. The summed E-state index contributed by atoms with van der Waals surface area (Å²) in [6, 6.07) is 34.4. The van der Waals surface area contributed by atoms with Gasteiger partial charge in [-0.2, -0.15) is 0 Å². The van der Waals surface area contributed by atoms with Gasteiger partial charge in [-0.1, -0.05) is 54.6 Å². The molecule has 1 unspecified atom stereocenters. The number of methoxy groups -OCH3 is 1. The predicted molar refractivity (Wildman–Crippen MR) is 263 cm³/mol. The van der Waals surface area contributed by atoms with Gasteiger partial charge in [-0.25, -0.2) is 14.4 Å². The van der Waals surface area contributed by atoms with Crippen molar-refractivity contribution in [2.24, 2.45) is 5.92 Å². The van der Waals surface area contributed by atoms with Gasteiger partial charge in [-0.3, -0.25) is 19.7 Å². The summed E-state index contributed by atoms with van der Waals surface area (Å²) in [5, 5.41) is 39.1. The Morgan fingerprint density at radius 1 is 0.806 bits per heavy atom. The van der Waals surface area contributed by atoms with Crippen LogP contribution in [0, 0.1) is 5.92 Å². The minimum atomic E-state index is -1.32. The number of hydrogen-bond donors (Lipinski definition) is 5. The van der Waals surface area contributed by atoms with Crippen molar-refractivity contribution in [1.29, 1.82) is 0 Å². The van der Waals surface area contributed by atoms with Gasteiger partial charge in [0, 0.05) is 57.7 Å². The molecule has 72 heavy (non-hydrogen) atoms. The number of carbonyl (C=O) groups is 4. The highest BCUT2D eigenvalue weighted by molar-refractivity contribution is 6.08. The standard InChI is InChI=1S/C55H45N3O14/c1-68-34-9-6-7-29(23-34)19-21-58(52(63)41-24-30-8-2-4-11-43(30)72-54(41)66)42-28-40(48-36-10-3-5-12-44(36)71-50(48)49(42)61)51(62)56-20-22-69-55(67)57-31-13-16-35(39(25-31)53(64)65)47-37-17-14-32(59)26-45(37)70-46-27-33(60)15-18-38(46)47/h2-18,23-27,40,42,48-50,59,61H,19-22,28H2,1H3,(H,56,62)(H,57,67)(H,64,65)/t40?,42-,48+,49+,50+/m1/s1. The number of carbonyl (C=O) groups excluding carboxylic acids is 3. The quantitative estimate of drug-likeness (QED) is 0.0429. The van der Waals surface area contributed by atoms with Gasteiger partial charge in [-0.15, -0.1) is 0 Å². The van der Waals surface area contributed by atoms with Crippen molar-refractivity contribution in [3.8, 4) is 39.7 Å². The molecule has 1 saturated carbocycles. The van der Waals surface area contributed by atoms with Crippen molar-refractivity contribution >= 4 is 51.5 Å². The molecular formula is C55H45N3O14. The molecule has 5 atom stereocenters.